The van der Waals surface area contributed by atoms with Crippen LogP contribution >= 0.6 is 0 Å². The third kappa shape index (κ3) is 4.67. The van der Waals surface area contributed by atoms with E-state index in [1.165, 1.54) is 12.3 Å². The van der Waals surface area contributed by atoms with E-state index in [1.807, 2.05) is 0 Å². The maximum Gasteiger partial charge on any atom is 0.320 e. The number of aliphatic hydroxyl groups is 1. The monoisotopic (exact) mass is 284 g/mol. The normalized spacial score (nSPS) is 10.4. The predicted molar refractivity (Wildman–Crippen MR) is 65.4 cm³/mol. The SMILES string of the molecule is COC(=O)CNS(=O)(=O)c1cncc(C#CCO)c1. The van der Waals surface area contributed by atoms with Gasteiger partial charge in [0, 0.05) is 18.0 Å². The van der Waals surface area contributed by atoms with Gasteiger partial charge < -0.3 is 9.84 Å². The first kappa shape index (κ1) is 15.1. The zero-order valence-electron chi connectivity index (χ0n) is 10.1. The molecule has 19 heavy (non-hydrogen) atoms. The maximum atomic E-state index is 11.8. The van der Waals surface area contributed by atoms with Gasteiger partial charge in [0.2, 0.25) is 10.0 Å². The molecule has 0 saturated carbocycles. The van der Waals surface area contributed by atoms with Crippen LogP contribution in [0.2, 0.25) is 0 Å². The van der Waals surface area contributed by atoms with E-state index in [9.17, 15) is 13.2 Å². The average Bonchev–Trinajstić information content (AvgIpc) is 2.43. The summed E-state index contributed by atoms with van der Waals surface area (Å²) >= 11 is 0. The van der Waals surface area contributed by atoms with Crippen LogP contribution in [0.4, 0.5) is 0 Å². The number of aliphatic hydroxyl groups excluding tert-OH is 1. The van der Waals surface area contributed by atoms with Crippen LogP contribution in [0.25, 0.3) is 0 Å². The second-order valence-corrected chi connectivity index (χ2v) is 5.04. The second-order valence-electron chi connectivity index (χ2n) is 3.27. The molecule has 0 unspecified atom stereocenters. The highest BCUT2D eigenvalue weighted by atomic mass is 32.2. The summed E-state index contributed by atoms with van der Waals surface area (Å²) in [7, 11) is -2.70. The summed E-state index contributed by atoms with van der Waals surface area (Å²) < 4.78 is 30.0. The lowest BCUT2D eigenvalue weighted by atomic mass is 10.3. The van der Waals surface area contributed by atoms with Gasteiger partial charge in [-0.15, -0.1) is 0 Å². The Labute approximate surface area is 110 Å². The highest BCUT2D eigenvalue weighted by Crippen LogP contribution is 2.08. The number of ether oxygens (including phenoxy) is 1. The summed E-state index contributed by atoms with van der Waals surface area (Å²) in [4.78, 5) is 14.5. The molecule has 102 valence electrons. The molecular weight excluding hydrogens is 272 g/mol. The third-order valence-electron chi connectivity index (χ3n) is 1.97. The van der Waals surface area contributed by atoms with Crippen LogP contribution in [-0.2, 0) is 19.6 Å². The summed E-state index contributed by atoms with van der Waals surface area (Å²) in [5.41, 5.74) is 0.343. The number of hydrogen-bond acceptors (Lipinski definition) is 6. The van der Waals surface area contributed by atoms with E-state index in [-0.39, 0.29) is 11.5 Å². The van der Waals surface area contributed by atoms with Crippen LogP contribution in [0.15, 0.2) is 23.4 Å². The van der Waals surface area contributed by atoms with Gasteiger partial charge >= 0.3 is 5.97 Å². The van der Waals surface area contributed by atoms with Gasteiger partial charge in [0.1, 0.15) is 18.0 Å². The number of aromatic nitrogens is 1. The van der Waals surface area contributed by atoms with Crippen molar-refractivity contribution in [2.24, 2.45) is 0 Å². The summed E-state index contributed by atoms with van der Waals surface area (Å²) in [5.74, 6) is 4.21. The fraction of sp³-hybridized carbons (Fsp3) is 0.273. The molecule has 2 N–H and O–H groups in total. The second kappa shape index (κ2) is 6.84. The minimum Gasteiger partial charge on any atom is -0.468 e. The quantitative estimate of drug-likeness (QED) is 0.536. The fourth-order valence-corrected chi connectivity index (χ4v) is 2.04. The topological polar surface area (TPSA) is 106 Å². The van der Waals surface area contributed by atoms with Gasteiger partial charge in [-0.1, -0.05) is 11.8 Å². The molecule has 0 atom stereocenters. The Morgan fingerprint density at radius 3 is 2.89 bits per heavy atom. The Balaban J connectivity index is 2.92. The van der Waals surface area contributed by atoms with E-state index in [2.05, 4.69) is 26.3 Å². The molecule has 1 aromatic rings. The molecule has 1 heterocycles. The number of methoxy groups -OCH3 is 1. The lowest BCUT2D eigenvalue weighted by molar-refractivity contribution is -0.139. The summed E-state index contributed by atoms with van der Waals surface area (Å²) in [6, 6.07) is 1.29. The van der Waals surface area contributed by atoms with E-state index in [0.29, 0.717) is 5.56 Å². The van der Waals surface area contributed by atoms with Gasteiger partial charge in [0.25, 0.3) is 0 Å². The number of carbonyl (C=O) groups is 1. The molecule has 0 aliphatic heterocycles. The minimum absolute atomic E-state index is 0.124. The first-order valence-electron chi connectivity index (χ1n) is 5.11. The summed E-state index contributed by atoms with van der Waals surface area (Å²) in [6.45, 7) is -0.803. The molecule has 8 heteroatoms. The smallest absolute Gasteiger partial charge is 0.320 e. The van der Waals surface area contributed by atoms with Gasteiger partial charge in [0.15, 0.2) is 0 Å². The molecule has 0 amide bonds. The Morgan fingerprint density at radius 2 is 2.26 bits per heavy atom. The van der Waals surface area contributed by atoms with Crippen molar-refractivity contribution < 1.29 is 23.1 Å². The summed E-state index contributed by atoms with van der Waals surface area (Å²) in [5, 5.41) is 8.55. The number of esters is 1. The lowest BCUT2D eigenvalue weighted by Crippen LogP contribution is -2.30. The number of nitrogens with zero attached hydrogens (tertiary/aromatic N) is 1. The molecule has 0 bridgehead atoms. The molecule has 0 radical (unpaired) electrons. The Bertz CT molecular complexity index is 615. The van der Waals surface area contributed by atoms with Crippen molar-refractivity contribution in [2.75, 3.05) is 20.3 Å². The van der Waals surface area contributed by atoms with Gasteiger partial charge in [0.05, 0.1) is 7.11 Å². The van der Waals surface area contributed by atoms with Crippen molar-refractivity contribution >= 4 is 16.0 Å². The van der Waals surface area contributed by atoms with E-state index in [4.69, 9.17) is 5.11 Å². The van der Waals surface area contributed by atoms with Crippen molar-refractivity contribution in [3.05, 3.63) is 24.0 Å². The van der Waals surface area contributed by atoms with Crippen LogP contribution in [-0.4, -0.2) is 44.7 Å². The molecule has 0 saturated heterocycles. The van der Waals surface area contributed by atoms with Crippen LogP contribution < -0.4 is 4.72 Å². The highest BCUT2D eigenvalue weighted by Gasteiger charge is 2.16. The fourth-order valence-electron chi connectivity index (χ4n) is 1.09. The van der Waals surface area contributed by atoms with Crippen molar-refractivity contribution in [1.82, 2.24) is 9.71 Å². The zero-order chi connectivity index (χ0) is 14.3. The standard InChI is InChI=1S/C11H12N2O5S/c1-18-11(15)8-13-19(16,17)10-5-9(3-2-4-14)6-12-7-10/h5-7,13-14H,4,8H2,1H3. The third-order valence-corrected chi connectivity index (χ3v) is 3.34. The predicted octanol–water partition coefficient (Wildman–Crippen LogP) is -1.12. The zero-order valence-corrected chi connectivity index (χ0v) is 10.9. The molecule has 1 rings (SSSR count). The van der Waals surface area contributed by atoms with Gasteiger partial charge in [-0.3, -0.25) is 9.78 Å². The number of nitrogens with one attached hydrogen (secondary N) is 1. The molecule has 0 aromatic carbocycles. The van der Waals surface area contributed by atoms with Gasteiger partial charge in [-0.05, 0) is 6.07 Å². The number of pyridine rings is 1. The van der Waals surface area contributed by atoms with Crippen LogP contribution in [0.1, 0.15) is 5.56 Å². The van der Waals surface area contributed by atoms with E-state index >= 15 is 0 Å². The first-order chi connectivity index (χ1) is 8.99. The number of carbonyl (C=O) groups excluding carboxylic acids is 1. The molecule has 0 spiro atoms. The van der Waals surface area contributed by atoms with Crippen molar-refractivity contribution in [2.45, 2.75) is 4.90 Å². The molecule has 7 nitrogen and oxygen atoms in total. The number of sulfonamides is 1. The number of hydrogen-bond donors (Lipinski definition) is 2. The minimum atomic E-state index is -3.86. The number of rotatable bonds is 4. The maximum absolute atomic E-state index is 11.8. The van der Waals surface area contributed by atoms with Crippen molar-refractivity contribution in [3.63, 3.8) is 0 Å². The van der Waals surface area contributed by atoms with Crippen LogP contribution in [0.3, 0.4) is 0 Å². The molecule has 1 aromatic heterocycles. The van der Waals surface area contributed by atoms with Crippen molar-refractivity contribution in [1.29, 1.82) is 0 Å². The Hall–Kier alpha value is -1.95. The highest BCUT2D eigenvalue weighted by molar-refractivity contribution is 7.89. The van der Waals surface area contributed by atoms with E-state index in [1.54, 1.807) is 0 Å². The average molecular weight is 284 g/mol. The van der Waals surface area contributed by atoms with Gasteiger partial charge in [-0.25, -0.2) is 8.42 Å². The van der Waals surface area contributed by atoms with Crippen LogP contribution in [0.5, 0.6) is 0 Å². The summed E-state index contributed by atoms with van der Waals surface area (Å²) in [6.07, 6.45) is 2.49. The van der Waals surface area contributed by atoms with E-state index in [0.717, 1.165) is 13.3 Å². The van der Waals surface area contributed by atoms with Crippen molar-refractivity contribution in [3.8, 4) is 11.8 Å². The lowest BCUT2D eigenvalue weighted by Gasteiger charge is -2.05. The molecule has 0 fully saturated rings. The molecule has 0 aliphatic carbocycles. The first-order valence-corrected chi connectivity index (χ1v) is 6.59. The van der Waals surface area contributed by atoms with Gasteiger partial charge in [-0.2, -0.15) is 4.72 Å². The molecular formula is C11H12N2O5S. The molecule has 0 aliphatic rings. The Morgan fingerprint density at radius 1 is 1.53 bits per heavy atom. The van der Waals surface area contributed by atoms with E-state index < -0.39 is 22.5 Å². The largest absolute Gasteiger partial charge is 0.468 e. The van der Waals surface area contributed by atoms with Crippen LogP contribution in [0, 0.1) is 11.8 Å². The Kier molecular flexibility index (Phi) is 5.44.